The number of piperidine rings is 1. The van der Waals surface area contributed by atoms with E-state index in [1.807, 2.05) is 24.7 Å². The van der Waals surface area contributed by atoms with Crippen molar-refractivity contribution < 1.29 is 9.21 Å². The lowest BCUT2D eigenvalue weighted by Gasteiger charge is -2.34. The molecule has 6 nitrogen and oxygen atoms in total. The quantitative estimate of drug-likeness (QED) is 0.931. The Labute approximate surface area is 148 Å². The number of anilines is 1. The molecule has 4 rings (SSSR count). The van der Waals surface area contributed by atoms with Gasteiger partial charge in [0.15, 0.2) is 5.76 Å². The predicted molar refractivity (Wildman–Crippen MR) is 96.0 cm³/mol. The molecule has 6 heteroatoms. The van der Waals surface area contributed by atoms with Crippen molar-refractivity contribution in [2.24, 2.45) is 7.05 Å². The van der Waals surface area contributed by atoms with E-state index >= 15 is 0 Å². The van der Waals surface area contributed by atoms with Gasteiger partial charge in [-0.05, 0) is 50.7 Å². The number of hydrogen-bond acceptors (Lipinski definition) is 4. The maximum Gasteiger partial charge on any atom is 0.287 e. The monoisotopic (exact) mass is 342 g/mol. The Bertz CT molecular complexity index is 753. The Morgan fingerprint density at radius 2 is 2.12 bits per heavy atom. The number of nitrogens with one attached hydrogen (secondary N) is 1. The van der Waals surface area contributed by atoms with Crippen molar-refractivity contribution in [3.8, 4) is 0 Å². The zero-order chi connectivity index (χ0) is 17.4. The lowest BCUT2D eigenvalue weighted by molar-refractivity contribution is 0.0903. The minimum Gasteiger partial charge on any atom is -0.456 e. The molecule has 0 spiro atoms. The molecule has 1 amide bonds. The molecule has 25 heavy (non-hydrogen) atoms. The van der Waals surface area contributed by atoms with Gasteiger partial charge < -0.3 is 14.6 Å². The molecule has 1 saturated heterocycles. The minimum absolute atomic E-state index is 0.0811. The van der Waals surface area contributed by atoms with Crippen LogP contribution in [0.3, 0.4) is 0 Å². The number of fused-ring (bicyclic) bond motifs is 1. The molecule has 1 aliphatic heterocycles. The van der Waals surface area contributed by atoms with Gasteiger partial charge in [-0.25, -0.2) is 0 Å². The number of furan rings is 1. The predicted octanol–water partition coefficient (Wildman–Crippen LogP) is 2.60. The standard InChI is InChI=1S/C19H26N4O2/c1-13-10-18(22(2)21-13)23-9-5-7-15(12-23)20-19(24)17-11-14-6-3-4-8-16(14)25-17/h10-11,15H,3-9,12H2,1-2H3,(H,20,24). The zero-order valence-corrected chi connectivity index (χ0v) is 15.0. The van der Waals surface area contributed by atoms with Crippen LogP contribution >= 0.6 is 0 Å². The number of aromatic nitrogens is 2. The lowest BCUT2D eigenvalue weighted by Crippen LogP contribution is -2.48. The summed E-state index contributed by atoms with van der Waals surface area (Å²) in [5.74, 6) is 2.51. The van der Waals surface area contributed by atoms with Crippen molar-refractivity contribution in [2.45, 2.75) is 51.5 Å². The Morgan fingerprint density at radius 3 is 2.88 bits per heavy atom. The molecular formula is C19H26N4O2. The van der Waals surface area contributed by atoms with Gasteiger partial charge in [-0.2, -0.15) is 5.10 Å². The minimum atomic E-state index is -0.0811. The van der Waals surface area contributed by atoms with Crippen molar-refractivity contribution in [3.05, 3.63) is 34.9 Å². The summed E-state index contributed by atoms with van der Waals surface area (Å²) in [6.45, 7) is 3.82. The molecule has 0 saturated carbocycles. The van der Waals surface area contributed by atoms with Crippen LogP contribution in [-0.4, -0.2) is 34.8 Å². The van der Waals surface area contributed by atoms with Gasteiger partial charge in [-0.1, -0.05) is 0 Å². The van der Waals surface area contributed by atoms with Crippen LogP contribution in [0.2, 0.25) is 0 Å². The third-order valence-corrected chi connectivity index (χ3v) is 5.28. The van der Waals surface area contributed by atoms with E-state index < -0.39 is 0 Å². The van der Waals surface area contributed by atoms with Crippen molar-refractivity contribution >= 4 is 11.7 Å². The van der Waals surface area contributed by atoms with Crippen molar-refractivity contribution in [2.75, 3.05) is 18.0 Å². The number of rotatable bonds is 3. The first-order valence-electron chi connectivity index (χ1n) is 9.28. The second-order valence-electron chi connectivity index (χ2n) is 7.29. The zero-order valence-electron chi connectivity index (χ0n) is 15.0. The largest absolute Gasteiger partial charge is 0.456 e. The summed E-state index contributed by atoms with van der Waals surface area (Å²) in [5.41, 5.74) is 2.23. The fourth-order valence-corrected chi connectivity index (χ4v) is 4.06. The molecule has 3 heterocycles. The fraction of sp³-hybridized carbons (Fsp3) is 0.579. The average Bonchev–Trinajstić information content (AvgIpc) is 3.18. The van der Waals surface area contributed by atoms with Gasteiger partial charge in [0.25, 0.3) is 5.91 Å². The molecule has 1 aliphatic carbocycles. The van der Waals surface area contributed by atoms with E-state index in [-0.39, 0.29) is 11.9 Å². The first kappa shape index (κ1) is 16.2. The van der Waals surface area contributed by atoms with Crippen LogP contribution in [0, 0.1) is 6.92 Å². The van der Waals surface area contributed by atoms with E-state index in [1.165, 1.54) is 12.0 Å². The molecule has 0 bridgehead atoms. The van der Waals surface area contributed by atoms with Crippen LogP contribution in [0.1, 0.15) is 53.3 Å². The smallest absolute Gasteiger partial charge is 0.287 e. The van der Waals surface area contributed by atoms with Crippen LogP contribution in [0.25, 0.3) is 0 Å². The highest BCUT2D eigenvalue weighted by atomic mass is 16.4. The number of aryl methyl sites for hydroxylation is 4. The van der Waals surface area contributed by atoms with Gasteiger partial charge in [0.2, 0.25) is 0 Å². The van der Waals surface area contributed by atoms with Crippen molar-refractivity contribution in [1.82, 2.24) is 15.1 Å². The van der Waals surface area contributed by atoms with Crippen LogP contribution in [0.5, 0.6) is 0 Å². The van der Waals surface area contributed by atoms with Gasteiger partial charge in [0.1, 0.15) is 11.6 Å². The third-order valence-electron chi connectivity index (χ3n) is 5.28. The molecule has 0 radical (unpaired) electrons. The first-order chi connectivity index (χ1) is 12.1. The Balaban J connectivity index is 1.42. The molecule has 0 aromatic carbocycles. The lowest BCUT2D eigenvalue weighted by atomic mass is 9.99. The highest BCUT2D eigenvalue weighted by Gasteiger charge is 2.26. The number of amides is 1. The molecule has 1 N–H and O–H groups in total. The Kier molecular flexibility index (Phi) is 4.27. The van der Waals surface area contributed by atoms with Crippen LogP contribution < -0.4 is 10.2 Å². The molecule has 2 aromatic rings. The van der Waals surface area contributed by atoms with E-state index in [0.717, 1.165) is 62.5 Å². The fourth-order valence-electron chi connectivity index (χ4n) is 4.06. The third kappa shape index (κ3) is 3.30. The highest BCUT2D eigenvalue weighted by Crippen LogP contribution is 2.25. The summed E-state index contributed by atoms with van der Waals surface area (Å²) in [4.78, 5) is 14.9. The molecule has 1 unspecified atom stereocenters. The molecule has 134 valence electrons. The molecule has 1 atom stereocenters. The van der Waals surface area contributed by atoms with Gasteiger partial charge in [0.05, 0.1) is 5.69 Å². The SMILES string of the molecule is Cc1cc(N2CCCC(NC(=O)c3cc4c(o3)CCCC4)C2)n(C)n1. The van der Waals surface area contributed by atoms with Gasteiger partial charge >= 0.3 is 0 Å². The van der Waals surface area contributed by atoms with E-state index in [9.17, 15) is 4.79 Å². The van der Waals surface area contributed by atoms with Crippen LogP contribution in [-0.2, 0) is 19.9 Å². The summed E-state index contributed by atoms with van der Waals surface area (Å²) >= 11 is 0. The van der Waals surface area contributed by atoms with E-state index in [4.69, 9.17) is 4.42 Å². The molecule has 1 fully saturated rings. The number of carbonyl (C=O) groups is 1. The van der Waals surface area contributed by atoms with E-state index in [0.29, 0.717) is 5.76 Å². The first-order valence-corrected chi connectivity index (χ1v) is 9.28. The van der Waals surface area contributed by atoms with Gasteiger partial charge in [-0.3, -0.25) is 9.48 Å². The Hall–Kier alpha value is -2.24. The number of nitrogens with zero attached hydrogens (tertiary/aromatic N) is 3. The number of carbonyl (C=O) groups excluding carboxylic acids is 1. The van der Waals surface area contributed by atoms with Crippen LogP contribution in [0.15, 0.2) is 16.5 Å². The maximum absolute atomic E-state index is 12.6. The topological polar surface area (TPSA) is 63.3 Å². The second kappa shape index (κ2) is 6.58. The van der Waals surface area contributed by atoms with Crippen LogP contribution in [0.4, 0.5) is 5.82 Å². The normalized spacial score (nSPS) is 20.4. The van der Waals surface area contributed by atoms with E-state index in [2.05, 4.69) is 21.4 Å². The molecular weight excluding hydrogens is 316 g/mol. The average molecular weight is 342 g/mol. The summed E-state index contributed by atoms with van der Waals surface area (Å²) in [7, 11) is 1.97. The highest BCUT2D eigenvalue weighted by molar-refractivity contribution is 5.92. The second-order valence-corrected chi connectivity index (χ2v) is 7.29. The molecule has 2 aromatic heterocycles. The number of hydrogen-bond donors (Lipinski definition) is 1. The summed E-state index contributed by atoms with van der Waals surface area (Å²) in [6.07, 6.45) is 6.39. The summed E-state index contributed by atoms with van der Waals surface area (Å²) in [6, 6.07) is 4.18. The van der Waals surface area contributed by atoms with Gasteiger partial charge in [0, 0.05) is 38.7 Å². The maximum atomic E-state index is 12.6. The Morgan fingerprint density at radius 1 is 1.28 bits per heavy atom. The summed E-state index contributed by atoms with van der Waals surface area (Å²) < 4.78 is 7.72. The summed E-state index contributed by atoms with van der Waals surface area (Å²) in [5, 5.41) is 7.60. The van der Waals surface area contributed by atoms with Crippen molar-refractivity contribution in [1.29, 1.82) is 0 Å². The van der Waals surface area contributed by atoms with Crippen molar-refractivity contribution in [3.63, 3.8) is 0 Å². The van der Waals surface area contributed by atoms with E-state index in [1.54, 1.807) is 0 Å². The molecule has 2 aliphatic rings. The van der Waals surface area contributed by atoms with Gasteiger partial charge in [-0.15, -0.1) is 0 Å².